The van der Waals surface area contributed by atoms with Gasteiger partial charge in [-0.05, 0) is 48.5 Å². The van der Waals surface area contributed by atoms with Crippen molar-refractivity contribution in [2.45, 2.75) is 17.0 Å². The quantitative estimate of drug-likeness (QED) is 0.690. The molecule has 0 bridgehead atoms. The number of nitrogen functional groups attached to an aromatic ring is 1. The fourth-order valence-electron chi connectivity index (χ4n) is 3.03. The van der Waals surface area contributed by atoms with Crippen molar-refractivity contribution in [3.63, 3.8) is 0 Å². The zero-order chi connectivity index (χ0) is 19.8. The van der Waals surface area contributed by atoms with E-state index >= 15 is 0 Å². The maximum atomic E-state index is 13.3. The van der Waals surface area contributed by atoms with E-state index in [2.05, 4.69) is 0 Å². The summed E-state index contributed by atoms with van der Waals surface area (Å²) in [5, 5.41) is 10.3. The Labute approximate surface area is 158 Å². The fraction of sp³-hybridized carbons (Fsp3) is 0.294. The Hall–Kier alpha value is -2.30. The molecule has 1 aliphatic rings. The zero-order valence-electron chi connectivity index (χ0n) is 14.5. The van der Waals surface area contributed by atoms with Crippen LogP contribution in [0.2, 0.25) is 0 Å². The van der Waals surface area contributed by atoms with E-state index in [4.69, 9.17) is 10.5 Å². The summed E-state index contributed by atoms with van der Waals surface area (Å²) in [5.74, 6) is -0.466. The van der Waals surface area contributed by atoms with Gasteiger partial charge in [0.15, 0.2) is 9.84 Å². The molecule has 1 fully saturated rings. The summed E-state index contributed by atoms with van der Waals surface area (Å²) >= 11 is 0. The van der Waals surface area contributed by atoms with Crippen LogP contribution in [0, 0.1) is 0 Å². The number of hydrogen-bond acceptors (Lipinski definition) is 7. The number of aliphatic hydroxyl groups excluding tert-OH is 1. The Morgan fingerprint density at radius 2 is 1.67 bits per heavy atom. The average Bonchev–Trinajstić information content (AvgIpc) is 2.89. The minimum Gasteiger partial charge on any atom is -0.497 e. The van der Waals surface area contributed by atoms with E-state index in [9.17, 15) is 21.9 Å². The highest BCUT2D eigenvalue weighted by atomic mass is 32.2. The number of ether oxygens (including phenoxy) is 1. The van der Waals surface area contributed by atoms with E-state index in [1.54, 1.807) is 0 Å². The van der Waals surface area contributed by atoms with E-state index in [1.807, 2.05) is 0 Å². The second-order valence-electron chi connectivity index (χ2n) is 6.28. The van der Waals surface area contributed by atoms with Crippen LogP contribution in [-0.4, -0.2) is 52.7 Å². The third-order valence-corrected chi connectivity index (χ3v) is 7.92. The van der Waals surface area contributed by atoms with Crippen LogP contribution in [0.3, 0.4) is 0 Å². The molecule has 1 heterocycles. The van der Waals surface area contributed by atoms with Crippen LogP contribution in [0.25, 0.3) is 0 Å². The normalized spacial score (nSPS) is 21.7. The van der Waals surface area contributed by atoms with Gasteiger partial charge in [-0.1, -0.05) is 0 Å². The Kier molecular flexibility index (Phi) is 5.06. The molecule has 1 aliphatic heterocycles. The monoisotopic (exact) mass is 412 g/mol. The number of sulfone groups is 1. The molecule has 0 amide bonds. The predicted molar refractivity (Wildman–Crippen MR) is 102 cm³/mol. The second kappa shape index (κ2) is 7.02. The molecule has 0 saturated carbocycles. The van der Waals surface area contributed by atoms with Crippen LogP contribution in [-0.2, 0) is 19.9 Å². The molecular weight excluding hydrogens is 392 g/mol. The highest BCUT2D eigenvalue weighted by Crippen LogP contribution is 2.32. The minimum atomic E-state index is -4.15. The molecular formula is C17H20N2O6S2. The smallest absolute Gasteiger partial charge is 0.264 e. The number of benzene rings is 2. The van der Waals surface area contributed by atoms with Crippen LogP contribution in [0.5, 0.6) is 5.75 Å². The van der Waals surface area contributed by atoms with Gasteiger partial charge in [0.2, 0.25) is 0 Å². The van der Waals surface area contributed by atoms with Crippen LogP contribution >= 0.6 is 0 Å². The Morgan fingerprint density at radius 3 is 2.15 bits per heavy atom. The molecule has 27 heavy (non-hydrogen) atoms. The first-order valence-electron chi connectivity index (χ1n) is 8.06. The standard InChI is InChI=1S/C17H20N2O6S2/c1-25-14-6-8-15(9-7-14)27(23,24)19(13-4-2-12(18)3-5-13)16-10-26(21,22)11-17(16)20/h2-9,16-17,20H,10-11,18H2,1H3/t16-,17-/m0/s1. The number of anilines is 2. The van der Waals surface area contributed by atoms with Gasteiger partial charge in [-0.15, -0.1) is 0 Å². The summed E-state index contributed by atoms with van der Waals surface area (Å²) in [6.45, 7) is 0. The lowest BCUT2D eigenvalue weighted by molar-refractivity contribution is 0.184. The maximum absolute atomic E-state index is 13.3. The molecule has 10 heteroatoms. The van der Waals surface area contributed by atoms with Gasteiger partial charge in [0.1, 0.15) is 5.75 Å². The lowest BCUT2D eigenvalue weighted by Gasteiger charge is -2.31. The van der Waals surface area contributed by atoms with Crippen molar-refractivity contribution >= 4 is 31.2 Å². The van der Waals surface area contributed by atoms with Crippen LogP contribution in [0.4, 0.5) is 11.4 Å². The number of nitrogens with two attached hydrogens (primary N) is 1. The van der Waals surface area contributed by atoms with Gasteiger partial charge in [0.05, 0.1) is 41.3 Å². The molecule has 0 unspecified atom stereocenters. The Morgan fingerprint density at radius 1 is 1.07 bits per heavy atom. The molecule has 0 spiro atoms. The Bertz CT molecular complexity index is 1020. The van der Waals surface area contributed by atoms with Crippen LogP contribution in [0.15, 0.2) is 53.4 Å². The first-order chi connectivity index (χ1) is 12.6. The van der Waals surface area contributed by atoms with Gasteiger partial charge in [-0.3, -0.25) is 4.31 Å². The van der Waals surface area contributed by atoms with Crippen LogP contribution in [0.1, 0.15) is 0 Å². The number of nitrogens with zero attached hydrogens (tertiary/aromatic N) is 1. The van der Waals surface area contributed by atoms with Gasteiger partial charge in [0.25, 0.3) is 10.0 Å². The molecule has 2 aromatic carbocycles. The SMILES string of the molecule is COc1ccc(S(=O)(=O)N(c2ccc(N)cc2)[C@H]2CS(=O)(=O)C[C@@H]2O)cc1. The molecule has 146 valence electrons. The average molecular weight is 412 g/mol. The molecule has 0 aromatic heterocycles. The largest absolute Gasteiger partial charge is 0.497 e. The number of sulfonamides is 1. The van der Waals surface area contributed by atoms with Crippen molar-refractivity contribution in [3.05, 3.63) is 48.5 Å². The van der Waals surface area contributed by atoms with E-state index < -0.39 is 43.5 Å². The first-order valence-corrected chi connectivity index (χ1v) is 11.3. The minimum absolute atomic E-state index is 0.0448. The molecule has 0 radical (unpaired) electrons. The number of rotatable bonds is 5. The molecule has 2 atom stereocenters. The van der Waals surface area contributed by atoms with Crippen molar-refractivity contribution in [1.29, 1.82) is 0 Å². The third-order valence-electron chi connectivity index (χ3n) is 4.36. The highest BCUT2D eigenvalue weighted by molar-refractivity contribution is 7.93. The molecule has 8 nitrogen and oxygen atoms in total. The molecule has 1 saturated heterocycles. The maximum Gasteiger partial charge on any atom is 0.264 e. The first kappa shape index (κ1) is 19.5. The van der Waals surface area contributed by atoms with E-state index in [-0.39, 0.29) is 10.6 Å². The lowest BCUT2D eigenvalue weighted by Crippen LogP contribution is -2.47. The molecule has 2 aromatic rings. The number of methoxy groups -OCH3 is 1. The van der Waals surface area contributed by atoms with Crippen molar-refractivity contribution in [2.75, 3.05) is 28.7 Å². The highest BCUT2D eigenvalue weighted by Gasteiger charge is 2.45. The van der Waals surface area contributed by atoms with Gasteiger partial charge in [0, 0.05) is 5.69 Å². The van der Waals surface area contributed by atoms with Gasteiger partial charge in [-0.2, -0.15) is 0 Å². The summed E-state index contributed by atoms with van der Waals surface area (Å²) in [7, 11) is -6.24. The fourth-order valence-corrected chi connectivity index (χ4v) is 6.57. The predicted octanol–water partition coefficient (Wildman–Crippen LogP) is 0.631. The summed E-state index contributed by atoms with van der Waals surface area (Å²) in [6, 6.07) is 10.6. The van der Waals surface area contributed by atoms with Crippen molar-refractivity contribution < 1.29 is 26.7 Å². The molecule has 3 rings (SSSR count). The number of aliphatic hydroxyl groups is 1. The zero-order valence-corrected chi connectivity index (χ0v) is 16.2. The van der Waals surface area contributed by atoms with E-state index in [1.165, 1.54) is 55.6 Å². The summed E-state index contributed by atoms with van der Waals surface area (Å²) in [6.07, 6.45) is -1.33. The van der Waals surface area contributed by atoms with E-state index in [0.717, 1.165) is 4.31 Å². The van der Waals surface area contributed by atoms with Crippen molar-refractivity contribution in [1.82, 2.24) is 0 Å². The summed E-state index contributed by atoms with van der Waals surface area (Å²) < 4.78 is 56.6. The van der Waals surface area contributed by atoms with Crippen molar-refractivity contribution in [2.24, 2.45) is 0 Å². The lowest BCUT2D eigenvalue weighted by atomic mass is 10.2. The Balaban J connectivity index is 2.12. The molecule has 3 N–H and O–H groups in total. The van der Waals surface area contributed by atoms with Crippen molar-refractivity contribution in [3.8, 4) is 5.75 Å². The van der Waals surface area contributed by atoms with Gasteiger partial charge < -0.3 is 15.6 Å². The van der Waals surface area contributed by atoms with Gasteiger partial charge in [-0.25, -0.2) is 16.8 Å². The third kappa shape index (κ3) is 3.87. The molecule has 0 aliphatic carbocycles. The topological polar surface area (TPSA) is 127 Å². The summed E-state index contributed by atoms with van der Waals surface area (Å²) in [5.41, 5.74) is 6.33. The summed E-state index contributed by atoms with van der Waals surface area (Å²) in [4.78, 5) is -0.0448. The van der Waals surface area contributed by atoms with Gasteiger partial charge >= 0.3 is 0 Å². The van der Waals surface area contributed by atoms with Crippen LogP contribution < -0.4 is 14.8 Å². The number of hydrogen-bond donors (Lipinski definition) is 2. The van der Waals surface area contributed by atoms with E-state index in [0.29, 0.717) is 11.4 Å². The second-order valence-corrected chi connectivity index (χ2v) is 10.2.